The Morgan fingerprint density at radius 1 is 1.30 bits per heavy atom. The molecule has 3 unspecified atom stereocenters. The second-order valence-corrected chi connectivity index (χ2v) is 6.79. The molecule has 0 aromatic heterocycles. The Kier molecular flexibility index (Phi) is 6.09. The number of aryl methyl sites for hydroxylation is 1. The average Bonchev–Trinajstić information content (AvgIpc) is 2.43. The largest absolute Gasteiger partial charge is 0.313 e. The van der Waals surface area contributed by atoms with E-state index in [1.807, 2.05) is 0 Å². The molecule has 1 aliphatic rings. The highest BCUT2D eigenvalue weighted by molar-refractivity contribution is 5.23. The Hall–Kier alpha value is -0.820. The molecular formula is C19H31N. The summed E-state index contributed by atoms with van der Waals surface area (Å²) in [5.74, 6) is 1.78. The van der Waals surface area contributed by atoms with Crippen molar-refractivity contribution in [3.63, 3.8) is 0 Å². The molecule has 0 saturated heterocycles. The third-order valence-corrected chi connectivity index (χ3v) is 4.74. The molecule has 1 saturated carbocycles. The maximum Gasteiger partial charge on any atom is 0.0136 e. The van der Waals surface area contributed by atoms with Gasteiger partial charge in [-0.05, 0) is 56.6 Å². The number of nitrogens with one attached hydrogen (secondary N) is 1. The Bertz CT molecular complexity index is 399. The Morgan fingerprint density at radius 2 is 2.15 bits per heavy atom. The first-order valence-electron chi connectivity index (χ1n) is 8.48. The van der Waals surface area contributed by atoms with E-state index in [0.717, 1.165) is 18.4 Å². The van der Waals surface area contributed by atoms with Crippen LogP contribution in [0.4, 0.5) is 0 Å². The molecule has 1 aromatic rings. The van der Waals surface area contributed by atoms with Crippen LogP contribution in [0.1, 0.15) is 57.1 Å². The quantitative estimate of drug-likeness (QED) is 0.790. The molecule has 0 amide bonds. The molecule has 112 valence electrons. The van der Waals surface area contributed by atoms with E-state index in [2.05, 4.69) is 50.4 Å². The summed E-state index contributed by atoms with van der Waals surface area (Å²) in [6, 6.07) is 9.71. The number of rotatable bonds is 6. The van der Waals surface area contributed by atoms with Gasteiger partial charge in [0, 0.05) is 6.04 Å². The molecular weight excluding hydrogens is 242 g/mol. The summed E-state index contributed by atoms with van der Waals surface area (Å²) >= 11 is 0. The molecule has 0 heterocycles. The minimum atomic E-state index is 0.666. The van der Waals surface area contributed by atoms with Gasteiger partial charge in [0.15, 0.2) is 0 Å². The number of benzene rings is 1. The van der Waals surface area contributed by atoms with Gasteiger partial charge in [-0.1, -0.05) is 56.5 Å². The lowest BCUT2D eigenvalue weighted by Gasteiger charge is -2.34. The van der Waals surface area contributed by atoms with Gasteiger partial charge in [-0.3, -0.25) is 0 Å². The number of hydrogen-bond donors (Lipinski definition) is 1. The van der Waals surface area contributed by atoms with Crippen molar-refractivity contribution in [1.82, 2.24) is 5.32 Å². The van der Waals surface area contributed by atoms with E-state index in [0.29, 0.717) is 6.04 Å². The van der Waals surface area contributed by atoms with Gasteiger partial charge in [0.05, 0.1) is 0 Å². The van der Waals surface area contributed by atoms with E-state index in [-0.39, 0.29) is 0 Å². The van der Waals surface area contributed by atoms with Crippen LogP contribution in [0.5, 0.6) is 0 Å². The second-order valence-electron chi connectivity index (χ2n) is 6.79. The van der Waals surface area contributed by atoms with Crippen molar-refractivity contribution in [2.24, 2.45) is 11.8 Å². The summed E-state index contributed by atoms with van der Waals surface area (Å²) in [4.78, 5) is 0. The Morgan fingerprint density at radius 3 is 2.85 bits per heavy atom. The highest BCUT2D eigenvalue weighted by Gasteiger charge is 2.26. The molecule has 3 atom stereocenters. The fourth-order valence-electron chi connectivity index (χ4n) is 3.67. The molecule has 1 fully saturated rings. The van der Waals surface area contributed by atoms with E-state index >= 15 is 0 Å². The van der Waals surface area contributed by atoms with Crippen molar-refractivity contribution in [2.75, 3.05) is 6.54 Å². The van der Waals surface area contributed by atoms with Crippen molar-refractivity contribution in [1.29, 1.82) is 0 Å². The van der Waals surface area contributed by atoms with E-state index in [4.69, 9.17) is 0 Å². The highest BCUT2D eigenvalue weighted by atomic mass is 14.9. The van der Waals surface area contributed by atoms with Crippen LogP contribution in [0.3, 0.4) is 0 Å². The van der Waals surface area contributed by atoms with Crippen LogP contribution in [-0.2, 0) is 6.42 Å². The predicted molar refractivity (Wildman–Crippen MR) is 88.1 cm³/mol. The van der Waals surface area contributed by atoms with Crippen molar-refractivity contribution < 1.29 is 0 Å². The summed E-state index contributed by atoms with van der Waals surface area (Å²) in [5.41, 5.74) is 2.88. The third kappa shape index (κ3) is 4.63. The summed E-state index contributed by atoms with van der Waals surface area (Å²) in [5, 5.41) is 3.83. The van der Waals surface area contributed by atoms with Crippen LogP contribution in [0.2, 0.25) is 0 Å². The summed E-state index contributed by atoms with van der Waals surface area (Å²) in [7, 11) is 0. The molecule has 1 aromatic carbocycles. The molecule has 1 N–H and O–H groups in total. The van der Waals surface area contributed by atoms with Crippen LogP contribution in [0, 0.1) is 18.8 Å². The fourth-order valence-corrected chi connectivity index (χ4v) is 3.67. The fraction of sp³-hybridized carbons (Fsp3) is 0.684. The average molecular weight is 273 g/mol. The van der Waals surface area contributed by atoms with Crippen molar-refractivity contribution in [2.45, 2.75) is 65.3 Å². The normalized spacial score (nSPS) is 24.6. The molecule has 0 spiro atoms. The number of hydrogen-bond acceptors (Lipinski definition) is 1. The molecule has 20 heavy (non-hydrogen) atoms. The smallest absolute Gasteiger partial charge is 0.0136 e. The van der Waals surface area contributed by atoms with Gasteiger partial charge in [0.1, 0.15) is 0 Å². The second kappa shape index (κ2) is 7.83. The van der Waals surface area contributed by atoms with Crippen molar-refractivity contribution in [3.8, 4) is 0 Å². The van der Waals surface area contributed by atoms with Crippen LogP contribution in [0.15, 0.2) is 24.3 Å². The maximum absolute atomic E-state index is 3.83. The van der Waals surface area contributed by atoms with Gasteiger partial charge >= 0.3 is 0 Å². The molecule has 2 rings (SSSR count). The first-order chi connectivity index (χ1) is 9.69. The van der Waals surface area contributed by atoms with Crippen LogP contribution in [0.25, 0.3) is 0 Å². The van der Waals surface area contributed by atoms with E-state index < -0.39 is 0 Å². The monoisotopic (exact) mass is 273 g/mol. The van der Waals surface area contributed by atoms with Crippen LogP contribution >= 0.6 is 0 Å². The summed E-state index contributed by atoms with van der Waals surface area (Å²) in [6.07, 6.45) is 8.10. The Labute approximate surface area is 125 Å². The summed E-state index contributed by atoms with van der Waals surface area (Å²) < 4.78 is 0. The standard InChI is InChI=1S/C19H31N/c1-4-11-20-19(18-10-6-8-16(3)13-18)14-17-9-5-7-15(2)12-17/h5,7,9,12,16,18-20H,4,6,8,10-11,13-14H2,1-3H3. The van der Waals surface area contributed by atoms with Crippen molar-refractivity contribution in [3.05, 3.63) is 35.4 Å². The van der Waals surface area contributed by atoms with Crippen LogP contribution in [-0.4, -0.2) is 12.6 Å². The first kappa shape index (κ1) is 15.6. The third-order valence-electron chi connectivity index (χ3n) is 4.74. The van der Waals surface area contributed by atoms with E-state index in [1.165, 1.54) is 49.7 Å². The molecule has 1 heteroatoms. The summed E-state index contributed by atoms with van der Waals surface area (Å²) in [6.45, 7) is 8.04. The van der Waals surface area contributed by atoms with Gasteiger partial charge in [0.2, 0.25) is 0 Å². The van der Waals surface area contributed by atoms with Gasteiger partial charge in [-0.15, -0.1) is 0 Å². The molecule has 1 aliphatic carbocycles. The lowest BCUT2D eigenvalue weighted by Crippen LogP contribution is -2.40. The SMILES string of the molecule is CCCNC(Cc1cccc(C)c1)C1CCCC(C)C1. The zero-order valence-electron chi connectivity index (χ0n) is 13.5. The molecule has 0 radical (unpaired) electrons. The maximum atomic E-state index is 3.83. The lowest BCUT2D eigenvalue weighted by atomic mass is 9.77. The van der Waals surface area contributed by atoms with Gasteiger partial charge < -0.3 is 5.32 Å². The van der Waals surface area contributed by atoms with Gasteiger partial charge in [-0.2, -0.15) is 0 Å². The molecule has 1 nitrogen and oxygen atoms in total. The van der Waals surface area contributed by atoms with Crippen LogP contribution < -0.4 is 5.32 Å². The van der Waals surface area contributed by atoms with Gasteiger partial charge in [0.25, 0.3) is 0 Å². The van der Waals surface area contributed by atoms with Gasteiger partial charge in [-0.25, -0.2) is 0 Å². The minimum absolute atomic E-state index is 0.666. The zero-order chi connectivity index (χ0) is 14.4. The van der Waals surface area contributed by atoms with Crippen molar-refractivity contribution >= 4 is 0 Å². The Balaban J connectivity index is 2.02. The topological polar surface area (TPSA) is 12.0 Å². The minimum Gasteiger partial charge on any atom is -0.313 e. The molecule has 0 aliphatic heterocycles. The first-order valence-corrected chi connectivity index (χ1v) is 8.48. The predicted octanol–water partition coefficient (Wildman–Crippen LogP) is 4.73. The van der Waals surface area contributed by atoms with E-state index in [9.17, 15) is 0 Å². The lowest BCUT2D eigenvalue weighted by molar-refractivity contribution is 0.221. The molecule has 0 bridgehead atoms. The highest BCUT2D eigenvalue weighted by Crippen LogP contribution is 2.32. The van der Waals surface area contributed by atoms with E-state index in [1.54, 1.807) is 0 Å². The zero-order valence-corrected chi connectivity index (χ0v) is 13.5.